The summed E-state index contributed by atoms with van der Waals surface area (Å²) < 4.78 is 4.87. The Morgan fingerprint density at radius 1 is 0.226 bits per heavy atom. The van der Waals surface area contributed by atoms with E-state index in [0.29, 0.717) is 0 Å². The van der Waals surface area contributed by atoms with Crippen molar-refractivity contribution < 1.29 is 0 Å². The number of benzene rings is 11. The van der Waals surface area contributed by atoms with E-state index in [-0.39, 0.29) is 0 Å². The summed E-state index contributed by atoms with van der Waals surface area (Å²) in [5.41, 5.74) is 14.5. The highest BCUT2D eigenvalue weighted by molar-refractivity contribution is 6.23. The van der Waals surface area contributed by atoms with Crippen LogP contribution in [0.3, 0.4) is 0 Å². The van der Waals surface area contributed by atoms with E-state index in [4.69, 9.17) is 0 Å². The third-order valence-electron chi connectivity index (χ3n) is 13.1. The fourth-order valence-electron chi connectivity index (χ4n) is 10.4. The van der Waals surface area contributed by atoms with E-state index in [2.05, 4.69) is 240 Å². The fraction of sp³-hybridized carbons (Fsp3) is 0. The van der Waals surface area contributed by atoms with Crippen molar-refractivity contribution in [3.8, 4) is 44.8 Å². The minimum atomic E-state index is 1.13. The molecule has 0 aliphatic heterocycles. The molecular weight excluding hydrogens is 749 g/mol. The highest BCUT2D eigenvalue weighted by atomic mass is 15.0. The summed E-state index contributed by atoms with van der Waals surface area (Å²) in [7, 11) is 0. The average molecular weight is 787 g/mol. The maximum absolute atomic E-state index is 2.47. The van der Waals surface area contributed by atoms with Crippen LogP contribution in [0.2, 0.25) is 0 Å². The van der Waals surface area contributed by atoms with Crippen molar-refractivity contribution >= 4 is 75.9 Å². The first-order chi connectivity index (χ1) is 30.8. The van der Waals surface area contributed by atoms with E-state index in [1.807, 2.05) is 0 Å². The lowest BCUT2D eigenvalue weighted by Gasteiger charge is -2.18. The molecule has 2 heterocycles. The van der Waals surface area contributed by atoms with Gasteiger partial charge < -0.3 is 9.13 Å². The minimum absolute atomic E-state index is 1.13. The molecule has 0 radical (unpaired) electrons. The molecule has 11 aromatic carbocycles. The highest BCUT2D eigenvalue weighted by Crippen LogP contribution is 2.45. The SMILES string of the molecule is c1ccc(-c2c3ccccc3c(-c3ccc(-n4c5cc(-c6ccc7c8ccccc8n(-c8ccccc8)c7c6)ccc5c5c6ccccc6ccc54)cc3)c3ccccc23)cc1. The second-order valence-electron chi connectivity index (χ2n) is 16.4. The van der Waals surface area contributed by atoms with Gasteiger partial charge in [-0.1, -0.05) is 182 Å². The Morgan fingerprint density at radius 3 is 1.31 bits per heavy atom. The fourth-order valence-corrected chi connectivity index (χ4v) is 10.4. The number of rotatable bonds is 5. The molecule has 13 rings (SSSR count). The summed E-state index contributed by atoms with van der Waals surface area (Å²) >= 11 is 0. The molecule has 2 nitrogen and oxygen atoms in total. The zero-order valence-electron chi connectivity index (χ0n) is 33.8. The second kappa shape index (κ2) is 13.7. The summed E-state index contributed by atoms with van der Waals surface area (Å²) in [6.45, 7) is 0. The van der Waals surface area contributed by atoms with E-state index in [1.165, 1.54) is 109 Å². The predicted octanol–water partition coefficient (Wildman–Crippen LogP) is 16.3. The van der Waals surface area contributed by atoms with Gasteiger partial charge in [0.25, 0.3) is 0 Å². The lowest BCUT2D eigenvalue weighted by Crippen LogP contribution is -1.95. The first-order valence-corrected chi connectivity index (χ1v) is 21.4. The van der Waals surface area contributed by atoms with Gasteiger partial charge in [-0.3, -0.25) is 0 Å². The lowest BCUT2D eigenvalue weighted by atomic mass is 9.86. The molecule has 0 amide bonds. The van der Waals surface area contributed by atoms with Gasteiger partial charge in [-0.15, -0.1) is 0 Å². The molecule has 0 saturated carbocycles. The molecule has 13 aromatic rings. The van der Waals surface area contributed by atoms with Crippen LogP contribution in [0.1, 0.15) is 0 Å². The summed E-state index contributed by atoms with van der Waals surface area (Å²) in [6, 6.07) is 84.7. The Bertz CT molecular complexity index is 3830. The lowest BCUT2D eigenvalue weighted by molar-refractivity contribution is 1.18. The van der Waals surface area contributed by atoms with Crippen molar-refractivity contribution in [2.75, 3.05) is 0 Å². The second-order valence-corrected chi connectivity index (χ2v) is 16.4. The van der Waals surface area contributed by atoms with Crippen LogP contribution in [0.15, 0.2) is 231 Å². The van der Waals surface area contributed by atoms with E-state index >= 15 is 0 Å². The van der Waals surface area contributed by atoms with Crippen LogP contribution in [0.5, 0.6) is 0 Å². The zero-order chi connectivity index (χ0) is 40.7. The topological polar surface area (TPSA) is 9.86 Å². The number of para-hydroxylation sites is 2. The largest absolute Gasteiger partial charge is 0.309 e. The van der Waals surface area contributed by atoms with Gasteiger partial charge >= 0.3 is 0 Å². The van der Waals surface area contributed by atoms with E-state index < -0.39 is 0 Å². The molecule has 0 unspecified atom stereocenters. The molecule has 0 aliphatic rings. The molecule has 0 saturated heterocycles. The Morgan fingerprint density at radius 2 is 0.661 bits per heavy atom. The van der Waals surface area contributed by atoms with Crippen LogP contribution in [0, 0.1) is 0 Å². The van der Waals surface area contributed by atoms with Crippen molar-refractivity contribution in [3.05, 3.63) is 231 Å². The third-order valence-corrected chi connectivity index (χ3v) is 13.1. The summed E-state index contributed by atoms with van der Waals surface area (Å²) in [5.74, 6) is 0. The van der Waals surface area contributed by atoms with Crippen molar-refractivity contribution in [2.45, 2.75) is 0 Å². The molecule has 0 bridgehead atoms. The van der Waals surface area contributed by atoms with Gasteiger partial charge in [-0.2, -0.15) is 0 Å². The van der Waals surface area contributed by atoms with Gasteiger partial charge in [0.05, 0.1) is 22.1 Å². The van der Waals surface area contributed by atoms with Gasteiger partial charge in [0.15, 0.2) is 0 Å². The maximum Gasteiger partial charge on any atom is 0.0547 e. The first kappa shape index (κ1) is 34.6. The van der Waals surface area contributed by atoms with Crippen molar-refractivity contribution in [1.29, 1.82) is 0 Å². The molecular formula is C60H38N2. The van der Waals surface area contributed by atoms with Crippen molar-refractivity contribution in [3.63, 3.8) is 0 Å². The molecule has 0 N–H and O–H groups in total. The molecule has 0 aliphatic carbocycles. The number of aromatic nitrogens is 2. The van der Waals surface area contributed by atoms with Crippen LogP contribution >= 0.6 is 0 Å². The predicted molar refractivity (Wildman–Crippen MR) is 264 cm³/mol. The molecule has 2 aromatic heterocycles. The van der Waals surface area contributed by atoms with Gasteiger partial charge in [-0.25, -0.2) is 0 Å². The first-order valence-electron chi connectivity index (χ1n) is 21.4. The van der Waals surface area contributed by atoms with E-state index in [0.717, 1.165) is 11.4 Å². The normalized spacial score (nSPS) is 11.9. The van der Waals surface area contributed by atoms with Crippen LogP contribution in [0.25, 0.3) is 121 Å². The van der Waals surface area contributed by atoms with Crippen molar-refractivity contribution in [1.82, 2.24) is 9.13 Å². The summed E-state index contributed by atoms with van der Waals surface area (Å²) in [5, 5.41) is 12.6. The Labute approximate surface area is 358 Å². The molecule has 0 fully saturated rings. The van der Waals surface area contributed by atoms with Gasteiger partial charge in [-0.05, 0) is 114 Å². The Hall–Kier alpha value is -8.20. The Balaban J connectivity index is 1.02. The summed E-state index contributed by atoms with van der Waals surface area (Å²) in [4.78, 5) is 0. The average Bonchev–Trinajstić information content (AvgIpc) is 3.86. The summed E-state index contributed by atoms with van der Waals surface area (Å²) in [6.07, 6.45) is 0. The monoisotopic (exact) mass is 786 g/mol. The van der Waals surface area contributed by atoms with Crippen molar-refractivity contribution in [2.24, 2.45) is 0 Å². The number of fused-ring (bicyclic) bond motifs is 10. The van der Waals surface area contributed by atoms with Crippen LogP contribution < -0.4 is 0 Å². The maximum atomic E-state index is 2.47. The third kappa shape index (κ3) is 5.17. The van der Waals surface area contributed by atoms with Gasteiger partial charge in [0.2, 0.25) is 0 Å². The zero-order valence-corrected chi connectivity index (χ0v) is 33.8. The van der Waals surface area contributed by atoms with Crippen LogP contribution in [0.4, 0.5) is 0 Å². The number of hydrogen-bond acceptors (Lipinski definition) is 0. The quantitative estimate of drug-likeness (QED) is 0.154. The molecule has 62 heavy (non-hydrogen) atoms. The molecule has 288 valence electrons. The molecule has 2 heteroatoms. The number of nitrogens with zero attached hydrogens (tertiary/aromatic N) is 2. The van der Waals surface area contributed by atoms with Crippen LogP contribution in [-0.4, -0.2) is 9.13 Å². The standard InChI is InChI=1S/C60H38N2/c1-3-16-40(17-4-1)58-49-22-9-11-24-51(49)59(52-25-12-10-23-50(52)58)41-27-32-45(33-28-41)62-55-36-31-39-15-7-8-20-46(39)60(55)53-35-30-43(38-57(53)62)42-29-34-48-47-21-13-14-26-54(47)61(56(48)37-42)44-18-5-2-6-19-44/h1-38H. The highest BCUT2D eigenvalue weighted by Gasteiger charge is 2.20. The Kier molecular flexibility index (Phi) is 7.64. The minimum Gasteiger partial charge on any atom is -0.309 e. The number of hydrogen-bond donors (Lipinski definition) is 0. The molecule has 0 atom stereocenters. The van der Waals surface area contributed by atoms with Crippen LogP contribution in [-0.2, 0) is 0 Å². The van der Waals surface area contributed by atoms with E-state index in [9.17, 15) is 0 Å². The van der Waals surface area contributed by atoms with Gasteiger partial charge in [0.1, 0.15) is 0 Å². The molecule has 0 spiro atoms. The van der Waals surface area contributed by atoms with Gasteiger partial charge in [0, 0.05) is 32.9 Å². The van der Waals surface area contributed by atoms with E-state index in [1.54, 1.807) is 0 Å². The smallest absolute Gasteiger partial charge is 0.0547 e.